The smallest absolute Gasteiger partial charge is 0.0963 e. The lowest BCUT2D eigenvalue weighted by atomic mass is 10.0. The SMILES string of the molecule is C1=CC(n2cnc3ccccc32)CCC1. The van der Waals surface area contributed by atoms with Gasteiger partial charge >= 0.3 is 0 Å². The third kappa shape index (κ3) is 1.46. The van der Waals surface area contributed by atoms with Gasteiger partial charge < -0.3 is 4.57 Å². The standard InChI is InChI=1S/C13H14N2/c1-2-6-11(7-3-1)15-10-14-12-8-4-5-9-13(12)15/h2,4-6,8-11H,1,3,7H2. The van der Waals surface area contributed by atoms with Crippen LogP contribution in [-0.2, 0) is 0 Å². The van der Waals surface area contributed by atoms with Gasteiger partial charge in [-0.1, -0.05) is 24.3 Å². The van der Waals surface area contributed by atoms with Gasteiger partial charge in [-0.05, 0) is 31.4 Å². The highest BCUT2D eigenvalue weighted by Gasteiger charge is 2.12. The Morgan fingerprint density at radius 2 is 2.20 bits per heavy atom. The van der Waals surface area contributed by atoms with Gasteiger partial charge in [-0.2, -0.15) is 0 Å². The van der Waals surface area contributed by atoms with Gasteiger partial charge in [-0.25, -0.2) is 4.98 Å². The first-order chi connectivity index (χ1) is 7.45. The molecule has 0 N–H and O–H groups in total. The van der Waals surface area contributed by atoms with E-state index in [9.17, 15) is 0 Å². The molecule has 76 valence electrons. The molecule has 0 amide bonds. The fourth-order valence-corrected chi connectivity index (χ4v) is 2.27. The molecule has 2 aromatic rings. The Labute approximate surface area is 89.2 Å². The van der Waals surface area contributed by atoms with Crippen LogP contribution >= 0.6 is 0 Å². The first-order valence-electron chi connectivity index (χ1n) is 5.53. The molecule has 2 heteroatoms. The second-order valence-electron chi connectivity index (χ2n) is 4.07. The lowest BCUT2D eigenvalue weighted by molar-refractivity contribution is 0.528. The summed E-state index contributed by atoms with van der Waals surface area (Å²) >= 11 is 0. The Morgan fingerprint density at radius 3 is 3.07 bits per heavy atom. The van der Waals surface area contributed by atoms with E-state index < -0.39 is 0 Å². The first kappa shape index (κ1) is 8.72. The van der Waals surface area contributed by atoms with Crippen LogP contribution in [0.5, 0.6) is 0 Å². The molecule has 0 fully saturated rings. The van der Waals surface area contributed by atoms with E-state index in [0.29, 0.717) is 6.04 Å². The molecule has 2 nitrogen and oxygen atoms in total. The summed E-state index contributed by atoms with van der Waals surface area (Å²) in [5, 5.41) is 0. The third-order valence-corrected chi connectivity index (χ3v) is 3.07. The van der Waals surface area contributed by atoms with E-state index in [4.69, 9.17) is 0 Å². The molecule has 0 bridgehead atoms. The summed E-state index contributed by atoms with van der Waals surface area (Å²) in [6.07, 6.45) is 10.3. The van der Waals surface area contributed by atoms with Gasteiger partial charge in [0.1, 0.15) is 0 Å². The average molecular weight is 198 g/mol. The summed E-state index contributed by atoms with van der Waals surface area (Å²) < 4.78 is 2.28. The third-order valence-electron chi connectivity index (χ3n) is 3.07. The van der Waals surface area contributed by atoms with Crippen LogP contribution in [0.25, 0.3) is 11.0 Å². The average Bonchev–Trinajstić information content (AvgIpc) is 2.74. The summed E-state index contributed by atoms with van der Waals surface area (Å²) in [5.74, 6) is 0. The maximum absolute atomic E-state index is 4.42. The number of benzene rings is 1. The van der Waals surface area contributed by atoms with Gasteiger partial charge in [0.2, 0.25) is 0 Å². The topological polar surface area (TPSA) is 17.8 Å². The Kier molecular flexibility index (Phi) is 2.05. The molecular weight excluding hydrogens is 184 g/mol. The highest BCUT2D eigenvalue weighted by molar-refractivity contribution is 5.75. The van der Waals surface area contributed by atoms with Crippen molar-refractivity contribution >= 4 is 11.0 Å². The van der Waals surface area contributed by atoms with Crippen LogP contribution in [0.3, 0.4) is 0 Å². The van der Waals surface area contributed by atoms with E-state index >= 15 is 0 Å². The van der Waals surface area contributed by atoms with Gasteiger partial charge in [0.25, 0.3) is 0 Å². The molecule has 0 saturated heterocycles. The predicted molar refractivity (Wildman–Crippen MR) is 61.8 cm³/mol. The van der Waals surface area contributed by atoms with Crippen LogP contribution in [0.1, 0.15) is 25.3 Å². The molecule has 15 heavy (non-hydrogen) atoms. The Bertz CT molecular complexity index is 496. The molecule has 0 radical (unpaired) electrons. The molecule has 0 spiro atoms. The highest BCUT2D eigenvalue weighted by atomic mass is 15.1. The zero-order valence-electron chi connectivity index (χ0n) is 8.63. The van der Waals surface area contributed by atoms with E-state index in [1.54, 1.807) is 0 Å². The van der Waals surface area contributed by atoms with Crippen LogP contribution in [0.4, 0.5) is 0 Å². The first-order valence-corrected chi connectivity index (χ1v) is 5.53. The number of hydrogen-bond acceptors (Lipinski definition) is 1. The largest absolute Gasteiger partial charge is 0.324 e. The van der Waals surface area contributed by atoms with Crippen molar-refractivity contribution in [1.82, 2.24) is 9.55 Å². The number of nitrogens with zero attached hydrogens (tertiary/aromatic N) is 2. The molecule has 1 unspecified atom stereocenters. The molecule has 3 rings (SSSR count). The van der Waals surface area contributed by atoms with E-state index in [-0.39, 0.29) is 0 Å². The van der Waals surface area contributed by atoms with Crippen LogP contribution in [-0.4, -0.2) is 9.55 Å². The molecule has 1 aliphatic carbocycles. The van der Waals surface area contributed by atoms with E-state index in [2.05, 4.69) is 39.9 Å². The Hall–Kier alpha value is -1.57. The van der Waals surface area contributed by atoms with Gasteiger partial charge in [0.15, 0.2) is 0 Å². The predicted octanol–water partition coefficient (Wildman–Crippen LogP) is 3.32. The zero-order chi connectivity index (χ0) is 10.1. The minimum absolute atomic E-state index is 0.506. The molecule has 1 atom stereocenters. The maximum atomic E-state index is 4.42. The van der Waals surface area contributed by atoms with Crippen LogP contribution in [0.2, 0.25) is 0 Å². The summed E-state index contributed by atoms with van der Waals surface area (Å²) in [5.41, 5.74) is 2.34. The molecule has 1 aliphatic rings. The van der Waals surface area contributed by atoms with Crippen molar-refractivity contribution < 1.29 is 0 Å². The Balaban J connectivity index is 2.10. The molecule has 0 aliphatic heterocycles. The van der Waals surface area contributed by atoms with Crippen LogP contribution < -0.4 is 0 Å². The summed E-state index contributed by atoms with van der Waals surface area (Å²) in [6, 6.07) is 8.83. The van der Waals surface area contributed by atoms with Crippen molar-refractivity contribution in [2.45, 2.75) is 25.3 Å². The van der Waals surface area contributed by atoms with Gasteiger partial charge in [-0.15, -0.1) is 0 Å². The van der Waals surface area contributed by atoms with Gasteiger partial charge in [0, 0.05) is 0 Å². The van der Waals surface area contributed by atoms with Gasteiger partial charge in [0.05, 0.1) is 23.4 Å². The van der Waals surface area contributed by atoms with E-state index in [1.165, 1.54) is 24.8 Å². The lowest BCUT2D eigenvalue weighted by Crippen LogP contribution is -2.07. The normalized spacial score (nSPS) is 20.9. The quantitative estimate of drug-likeness (QED) is 0.643. The van der Waals surface area contributed by atoms with Crippen molar-refractivity contribution in [3.63, 3.8) is 0 Å². The van der Waals surface area contributed by atoms with E-state index in [1.807, 2.05) is 12.4 Å². The molecule has 1 heterocycles. The number of para-hydroxylation sites is 2. The number of hydrogen-bond donors (Lipinski definition) is 0. The second-order valence-corrected chi connectivity index (χ2v) is 4.07. The minimum Gasteiger partial charge on any atom is -0.324 e. The number of allylic oxidation sites excluding steroid dienone is 2. The number of aromatic nitrogens is 2. The highest BCUT2D eigenvalue weighted by Crippen LogP contribution is 2.25. The fourth-order valence-electron chi connectivity index (χ4n) is 2.27. The molecule has 1 aromatic heterocycles. The van der Waals surface area contributed by atoms with E-state index in [0.717, 1.165) is 5.52 Å². The zero-order valence-corrected chi connectivity index (χ0v) is 8.63. The Morgan fingerprint density at radius 1 is 1.27 bits per heavy atom. The maximum Gasteiger partial charge on any atom is 0.0963 e. The van der Waals surface area contributed by atoms with Crippen molar-refractivity contribution in [2.24, 2.45) is 0 Å². The molecule has 1 aromatic carbocycles. The van der Waals surface area contributed by atoms with Crippen molar-refractivity contribution in [2.75, 3.05) is 0 Å². The fraction of sp³-hybridized carbons (Fsp3) is 0.308. The van der Waals surface area contributed by atoms with Crippen molar-refractivity contribution in [3.05, 3.63) is 42.7 Å². The molecular formula is C13H14N2. The monoisotopic (exact) mass is 198 g/mol. The summed E-state index contributed by atoms with van der Waals surface area (Å²) in [7, 11) is 0. The minimum atomic E-state index is 0.506. The summed E-state index contributed by atoms with van der Waals surface area (Å²) in [6.45, 7) is 0. The number of imidazole rings is 1. The number of fused-ring (bicyclic) bond motifs is 1. The second kappa shape index (κ2) is 3.54. The van der Waals surface area contributed by atoms with Gasteiger partial charge in [-0.3, -0.25) is 0 Å². The lowest BCUT2D eigenvalue weighted by Gasteiger charge is -2.18. The van der Waals surface area contributed by atoms with Crippen molar-refractivity contribution in [1.29, 1.82) is 0 Å². The van der Waals surface area contributed by atoms with Crippen LogP contribution in [0, 0.1) is 0 Å². The van der Waals surface area contributed by atoms with Crippen molar-refractivity contribution in [3.8, 4) is 0 Å². The molecule has 0 saturated carbocycles. The van der Waals surface area contributed by atoms with Crippen LogP contribution in [0.15, 0.2) is 42.7 Å². The number of rotatable bonds is 1. The summed E-state index contributed by atoms with van der Waals surface area (Å²) in [4.78, 5) is 4.42.